The highest BCUT2D eigenvalue weighted by molar-refractivity contribution is 6.04. The zero-order valence-electron chi connectivity index (χ0n) is 23.9. The minimum Gasteiger partial charge on any atom is -0.406 e. The van der Waals surface area contributed by atoms with Crippen LogP contribution in [0.15, 0.2) is 72.9 Å². The molecule has 2 N–H and O–H groups in total. The van der Waals surface area contributed by atoms with Crippen molar-refractivity contribution >= 4 is 23.2 Å². The third-order valence-corrected chi connectivity index (χ3v) is 7.07. The number of morpholine rings is 1. The van der Waals surface area contributed by atoms with Gasteiger partial charge in [0.2, 0.25) is 5.95 Å². The molecule has 3 aromatic carbocycles. The molecule has 0 atom stereocenters. The van der Waals surface area contributed by atoms with Crippen LogP contribution in [0.3, 0.4) is 0 Å². The van der Waals surface area contributed by atoms with Gasteiger partial charge >= 0.3 is 6.36 Å². The predicted octanol–water partition coefficient (Wildman–Crippen LogP) is 6.74. The van der Waals surface area contributed by atoms with Crippen LogP contribution >= 0.6 is 0 Å². The number of anilines is 3. The molecule has 4 aromatic rings. The van der Waals surface area contributed by atoms with Gasteiger partial charge in [0.15, 0.2) is 0 Å². The maximum absolute atomic E-state index is 13.1. The van der Waals surface area contributed by atoms with Gasteiger partial charge in [-0.05, 0) is 84.6 Å². The number of nitrogens with one attached hydrogen (secondary N) is 2. The zero-order chi connectivity index (χ0) is 30.4. The number of ether oxygens (including phenoxy) is 2. The summed E-state index contributed by atoms with van der Waals surface area (Å²) in [5.74, 6) is -0.212. The molecule has 224 valence electrons. The topological polar surface area (TPSA) is 88.6 Å². The van der Waals surface area contributed by atoms with E-state index in [1.165, 1.54) is 24.3 Å². The van der Waals surface area contributed by atoms with E-state index >= 15 is 0 Å². The van der Waals surface area contributed by atoms with Crippen LogP contribution in [0.1, 0.15) is 34.0 Å². The van der Waals surface area contributed by atoms with Gasteiger partial charge in [-0.15, -0.1) is 13.2 Å². The molecule has 5 rings (SSSR count). The number of alkyl halides is 3. The average molecular weight is 592 g/mol. The maximum atomic E-state index is 13.1. The van der Waals surface area contributed by atoms with Gasteiger partial charge in [0, 0.05) is 48.3 Å². The van der Waals surface area contributed by atoms with Gasteiger partial charge < -0.3 is 20.1 Å². The summed E-state index contributed by atoms with van der Waals surface area (Å²) in [6.07, 6.45) is -2.44. The van der Waals surface area contributed by atoms with Crippen molar-refractivity contribution in [3.8, 4) is 17.0 Å². The van der Waals surface area contributed by atoms with Crippen LogP contribution in [0.5, 0.6) is 5.75 Å². The van der Waals surface area contributed by atoms with Crippen LogP contribution in [0, 0.1) is 6.92 Å². The van der Waals surface area contributed by atoms with Crippen molar-refractivity contribution in [2.24, 2.45) is 0 Å². The Morgan fingerprint density at radius 3 is 2.42 bits per heavy atom. The molecule has 0 unspecified atom stereocenters. The minimum atomic E-state index is -4.76. The number of aromatic nitrogens is 2. The second-order valence-corrected chi connectivity index (χ2v) is 10.2. The molecule has 1 aliphatic heterocycles. The Morgan fingerprint density at radius 1 is 1.02 bits per heavy atom. The normalized spacial score (nSPS) is 13.9. The standard InChI is InChI=1S/C32H32F3N5O3/c1-3-23-19-36-31(39-29(23)24-8-12-27(13-9-24)43-32(33,34)35)37-26-10-6-25(7-11-26)30(41)38-28-18-22(5-4-21(28)2)20-40-14-16-42-17-15-40/h4-13,18-19H,3,14-17,20H2,1-2H3,(H,38,41)(H,36,37,39). The lowest BCUT2D eigenvalue weighted by Gasteiger charge is -2.26. The van der Waals surface area contributed by atoms with Crippen LogP contribution in [0.4, 0.5) is 30.5 Å². The van der Waals surface area contributed by atoms with E-state index in [-0.39, 0.29) is 11.7 Å². The zero-order valence-corrected chi connectivity index (χ0v) is 23.9. The van der Waals surface area contributed by atoms with Crippen LogP contribution in [-0.4, -0.2) is 53.4 Å². The third-order valence-electron chi connectivity index (χ3n) is 7.07. The molecular weight excluding hydrogens is 559 g/mol. The highest BCUT2D eigenvalue weighted by Gasteiger charge is 2.31. The first-order valence-corrected chi connectivity index (χ1v) is 14.0. The van der Waals surface area contributed by atoms with Gasteiger partial charge in [-0.3, -0.25) is 9.69 Å². The van der Waals surface area contributed by atoms with Crippen molar-refractivity contribution in [3.63, 3.8) is 0 Å². The van der Waals surface area contributed by atoms with E-state index in [9.17, 15) is 18.0 Å². The van der Waals surface area contributed by atoms with Gasteiger partial charge in [-0.1, -0.05) is 19.1 Å². The fraction of sp³-hybridized carbons (Fsp3) is 0.281. The first kappa shape index (κ1) is 30.0. The Balaban J connectivity index is 1.25. The molecule has 11 heteroatoms. The second-order valence-electron chi connectivity index (χ2n) is 10.2. The summed E-state index contributed by atoms with van der Waals surface area (Å²) >= 11 is 0. The van der Waals surface area contributed by atoms with Gasteiger partial charge in [-0.25, -0.2) is 9.97 Å². The number of nitrogens with zero attached hydrogens (tertiary/aromatic N) is 3. The van der Waals surface area contributed by atoms with E-state index in [0.717, 1.165) is 55.2 Å². The molecule has 1 amide bonds. The van der Waals surface area contributed by atoms with Gasteiger partial charge in [-0.2, -0.15) is 0 Å². The van der Waals surface area contributed by atoms with Gasteiger partial charge in [0.1, 0.15) is 5.75 Å². The Bertz CT molecular complexity index is 1550. The molecule has 0 radical (unpaired) electrons. The number of hydrogen-bond donors (Lipinski definition) is 2. The predicted molar refractivity (Wildman–Crippen MR) is 158 cm³/mol. The lowest BCUT2D eigenvalue weighted by atomic mass is 10.1. The SMILES string of the molecule is CCc1cnc(Nc2ccc(C(=O)Nc3cc(CN4CCOCC4)ccc3C)cc2)nc1-c1ccc(OC(F)(F)F)cc1. The number of halogens is 3. The quantitative estimate of drug-likeness (QED) is 0.223. The summed E-state index contributed by atoms with van der Waals surface area (Å²) in [5.41, 5.74) is 6.11. The molecule has 2 heterocycles. The number of rotatable bonds is 9. The molecular formula is C32H32F3N5O3. The summed E-state index contributed by atoms with van der Waals surface area (Å²) in [6, 6.07) is 18.6. The number of carbonyl (C=O) groups is 1. The first-order valence-electron chi connectivity index (χ1n) is 14.0. The Kier molecular flexibility index (Phi) is 9.22. The summed E-state index contributed by atoms with van der Waals surface area (Å²) in [4.78, 5) is 24.4. The summed E-state index contributed by atoms with van der Waals surface area (Å²) in [6.45, 7) is 7.95. The first-order chi connectivity index (χ1) is 20.7. The van der Waals surface area contributed by atoms with Crippen LogP contribution in [-0.2, 0) is 17.7 Å². The molecule has 0 bridgehead atoms. The van der Waals surface area contributed by atoms with Crippen LogP contribution < -0.4 is 15.4 Å². The second kappa shape index (κ2) is 13.2. The van der Waals surface area contributed by atoms with Gasteiger partial charge in [0.25, 0.3) is 5.91 Å². The molecule has 1 aromatic heterocycles. The van der Waals surface area contributed by atoms with Crippen LogP contribution in [0.2, 0.25) is 0 Å². The van der Waals surface area contributed by atoms with E-state index in [2.05, 4.69) is 36.3 Å². The van der Waals surface area contributed by atoms with Crippen molar-refractivity contribution in [2.75, 3.05) is 36.9 Å². The Hall–Kier alpha value is -4.48. The highest BCUT2D eigenvalue weighted by Crippen LogP contribution is 2.29. The fourth-order valence-electron chi connectivity index (χ4n) is 4.74. The van der Waals surface area contributed by atoms with Crippen molar-refractivity contribution in [1.82, 2.24) is 14.9 Å². The fourth-order valence-corrected chi connectivity index (χ4v) is 4.74. The number of aryl methyl sites for hydroxylation is 2. The molecule has 0 spiro atoms. The van der Waals surface area contributed by atoms with E-state index < -0.39 is 6.36 Å². The average Bonchev–Trinajstić information content (AvgIpc) is 2.99. The molecule has 0 saturated carbocycles. The lowest BCUT2D eigenvalue weighted by Crippen LogP contribution is -2.35. The molecule has 1 aliphatic rings. The summed E-state index contributed by atoms with van der Waals surface area (Å²) in [7, 11) is 0. The number of amides is 1. The monoisotopic (exact) mass is 591 g/mol. The van der Waals surface area contributed by atoms with Crippen molar-refractivity contribution in [2.45, 2.75) is 33.2 Å². The number of benzene rings is 3. The van der Waals surface area contributed by atoms with E-state index in [1.807, 2.05) is 26.0 Å². The van der Waals surface area contributed by atoms with Crippen molar-refractivity contribution < 1.29 is 27.4 Å². The Labute approximate surface area is 247 Å². The van der Waals surface area contributed by atoms with Crippen molar-refractivity contribution in [3.05, 3.63) is 95.2 Å². The van der Waals surface area contributed by atoms with Gasteiger partial charge in [0.05, 0.1) is 18.9 Å². The van der Waals surface area contributed by atoms with E-state index in [4.69, 9.17) is 4.74 Å². The van der Waals surface area contributed by atoms with E-state index in [1.54, 1.807) is 30.5 Å². The summed E-state index contributed by atoms with van der Waals surface area (Å²) < 4.78 is 47.0. The molecule has 8 nitrogen and oxygen atoms in total. The third kappa shape index (κ3) is 8.08. The minimum absolute atomic E-state index is 0.220. The molecule has 43 heavy (non-hydrogen) atoms. The molecule has 0 aliphatic carbocycles. The molecule has 1 saturated heterocycles. The smallest absolute Gasteiger partial charge is 0.406 e. The molecule has 1 fully saturated rings. The van der Waals surface area contributed by atoms with Crippen LogP contribution in [0.25, 0.3) is 11.3 Å². The lowest BCUT2D eigenvalue weighted by molar-refractivity contribution is -0.274. The number of hydrogen-bond acceptors (Lipinski definition) is 7. The largest absolute Gasteiger partial charge is 0.573 e. The highest BCUT2D eigenvalue weighted by atomic mass is 19.4. The van der Waals surface area contributed by atoms with E-state index in [0.29, 0.717) is 34.9 Å². The maximum Gasteiger partial charge on any atom is 0.573 e. The Morgan fingerprint density at radius 2 is 1.74 bits per heavy atom. The van der Waals surface area contributed by atoms with Crippen molar-refractivity contribution in [1.29, 1.82) is 0 Å². The summed E-state index contributed by atoms with van der Waals surface area (Å²) in [5, 5.41) is 6.17. The number of carbonyl (C=O) groups excluding carboxylic acids is 1.